The largest absolute Gasteiger partial charge is 0.508 e. The fourth-order valence-electron chi connectivity index (χ4n) is 2.06. The van der Waals surface area contributed by atoms with Crippen LogP contribution in [0.4, 0.5) is 0 Å². The zero-order chi connectivity index (χ0) is 14.7. The first-order valence-corrected chi connectivity index (χ1v) is 7.19. The molecular weight excluding hydrogens is 320 g/mol. The molecule has 0 saturated carbocycles. The van der Waals surface area contributed by atoms with Crippen LogP contribution in [0.3, 0.4) is 0 Å². The summed E-state index contributed by atoms with van der Waals surface area (Å²) >= 11 is 3.40. The highest BCUT2D eigenvalue weighted by Gasteiger charge is 2.16. The van der Waals surface area contributed by atoms with Crippen LogP contribution in [0.2, 0.25) is 0 Å². The Kier molecular flexibility index (Phi) is 4.49. The topological polar surface area (TPSA) is 45.5 Å². The first-order valence-electron chi connectivity index (χ1n) is 6.40. The molecule has 2 aromatic rings. The molecule has 1 aromatic carbocycles. The van der Waals surface area contributed by atoms with Crippen molar-refractivity contribution in [2.45, 2.75) is 20.0 Å². The molecule has 1 heterocycles. The average molecular weight is 337 g/mol. The Labute approximate surface area is 126 Å². The molecule has 1 amide bonds. The van der Waals surface area contributed by atoms with E-state index in [2.05, 4.69) is 15.9 Å². The van der Waals surface area contributed by atoms with Gasteiger partial charge in [-0.25, -0.2) is 0 Å². The smallest absolute Gasteiger partial charge is 0.270 e. The normalized spacial score (nSPS) is 10.6. The third kappa shape index (κ3) is 3.22. The Morgan fingerprint density at radius 2 is 2.00 bits per heavy atom. The van der Waals surface area contributed by atoms with E-state index < -0.39 is 0 Å². The maximum atomic E-state index is 12.4. The van der Waals surface area contributed by atoms with E-state index in [-0.39, 0.29) is 11.7 Å². The number of aryl methyl sites for hydroxylation is 1. The van der Waals surface area contributed by atoms with Crippen molar-refractivity contribution in [2.75, 3.05) is 7.05 Å². The van der Waals surface area contributed by atoms with Gasteiger partial charge in [-0.3, -0.25) is 4.79 Å². The summed E-state index contributed by atoms with van der Waals surface area (Å²) < 4.78 is 2.82. The Morgan fingerprint density at radius 1 is 1.35 bits per heavy atom. The SMILES string of the molecule is CCn1cc(Br)cc1C(=O)N(C)Cc1ccc(O)cc1. The molecule has 0 aliphatic rings. The summed E-state index contributed by atoms with van der Waals surface area (Å²) in [6, 6.07) is 8.71. The van der Waals surface area contributed by atoms with Gasteiger partial charge < -0.3 is 14.6 Å². The molecule has 0 aliphatic heterocycles. The molecule has 4 nitrogen and oxygen atoms in total. The summed E-state index contributed by atoms with van der Waals surface area (Å²) in [4.78, 5) is 14.1. The summed E-state index contributed by atoms with van der Waals surface area (Å²) in [7, 11) is 1.77. The first-order chi connectivity index (χ1) is 9.51. The van der Waals surface area contributed by atoms with Gasteiger partial charge in [0.05, 0.1) is 0 Å². The second-order valence-electron chi connectivity index (χ2n) is 4.66. The Hall–Kier alpha value is -1.75. The van der Waals surface area contributed by atoms with Crippen LogP contribution in [-0.4, -0.2) is 27.5 Å². The van der Waals surface area contributed by atoms with Crippen molar-refractivity contribution in [3.8, 4) is 5.75 Å². The highest BCUT2D eigenvalue weighted by atomic mass is 79.9. The van der Waals surface area contributed by atoms with Crippen LogP contribution < -0.4 is 0 Å². The van der Waals surface area contributed by atoms with Gasteiger partial charge in [0.1, 0.15) is 11.4 Å². The maximum absolute atomic E-state index is 12.4. The summed E-state index contributed by atoms with van der Waals surface area (Å²) in [6.07, 6.45) is 1.90. The third-order valence-corrected chi connectivity index (χ3v) is 3.56. The first kappa shape index (κ1) is 14.7. The predicted molar refractivity (Wildman–Crippen MR) is 81.7 cm³/mol. The number of amides is 1. The van der Waals surface area contributed by atoms with E-state index in [1.54, 1.807) is 24.1 Å². The van der Waals surface area contributed by atoms with Crippen molar-refractivity contribution in [1.29, 1.82) is 0 Å². The molecule has 0 atom stereocenters. The molecule has 1 N–H and O–H groups in total. The number of hydrogen-bond donors (Lipinski definition) is 1. The summed E-state index contributed by atoms with van der Waals surface area (Å²) in [5.41, 5.74) is 1.65. The number of hydrogen-bond acceptors (Lipinski definition) is 2. The second-order valence-corrected chi connectivity index (χ2v) is 5.57. The van der Waals surface area contributed by atoms with Crippen LogP contribution in [0.25, 0.3) is 0 Å². The Bertz CT molecular complexity index is 605. The number of rotatable bonds is 4. The number of carbonyl (C=O) groups excluding carboxylic acids is 1. The van der Waals surface area contributed by atoms with Gasteiger partial charge in [0.15, 0.2) is 0 Å². The number of carbonyl (C=O) groups is 1. The summed E-state index contributed by atoms with van der Waals surface area (Å²) in [5, 5.41) is 9.26. The molecule has 0 unspecified atom stereocenters. The van der Waals surface area contributed by atoms with Crippen LogP contribution in [0, 0.1) is 0 Å². The van der Waals surface area contributed by atoms with Gasteiger partial charge in [-0.1, -0.05) is 12.1 Å². The lowest BCUT2D eigenvalue weighted by Gasteiger charge is -2.18. The molecule has 0 fully saturated rings. The van der Waals surface area contributed by atoms with E-state index in [0.29, 0.717) is 12.2 Å². The maximum Gasteiger partial charge on any atom is 0.270 e. The van der Waals surface area contributed by atoms with E-state index in [9.17, 15) is 9.90 Å². The van der Waals surface area contributed by atoms with E-state index in [1.807, 2.05) is 35.9 Å². The van der Waals surface area contributed by atoms with Gasteiger partial charge in [-0.15, -0.1) is 0 Å². The molecule has 0 aliphatic carbocycles. The standard InChI is InChI=1S/C15H17BrN2O2/c1-3-18-10-12(16)8-14(18)15(20)17(2)9-11-4-6-13(19)7-5-11/h4-8,10,19H,3,9H2,1-2H3. The van der Waals surface area contributed by atoms with Gasteiger partial charge in [0.25, 0.3) is 5.91 Å². The van der Waals surface area contributed by atoms with Crippen LogP contribution in [0.1, 0.15) is 23.0 Å². The zero-order valence-corrected chi connectivity index (χ0v) is 13.1. The van der Waals surface area contributed by atoms with Crippen molar-refractivity contribution < 1.29 is 9.90 Å². The van der Waals surface area contributed by atoms with Gasteiger partial charge >= 0.3 is 0 Å². The monoisotopic (exact) mass is 336 g/mol. The van der Waals surface area contributed by atoms with Crippen LogP contribution in [-0.2, 0) is 13.1 Å². The number of benzene rings is 1. The number of nitrogens with zero attached hydrogens (tertiary/aromatic N) is 2. The summed E-state index contributed by atoms with van der Waals surface area (Å²) in [6.45, 7) is 3.26. The molecule has 0 spiro atoms. The molecule has 0 saturated heterocycles. The number of halogens is 1. The molecule has 0 radical (unpaired) electrons. The molecular formula is C15H17BrN2O2. The minimum Gasteiger partial charge on any atom is -0.508 e. The number of phenolic OH excluding ortho intramolecular Hbond substituents is 1. The predicted octanol–water partition coefficient (Wildman–Crippen LogP) is 3.25. The van der Waals surface area contributed by atoms with Gasteiger partial charge in [-0.05, 0) is 46.6 Å². The zero-order valence-electron chi connectivity index (χ0n) is 11.5. The Balaban J connectivity index is 2.14. The van der Waals surface area contributed by atoms with Crippen LogP contribution >= 0.6 is 15.9 Å². The van der Waals surface area contributed by atoms with Crippen LogP contribution in [0.15, 0.2) is 41.0 Å². The highest BCUT2D eigenvalue weighted by Crippen LogP contribution is 2.18. The Morgan fingerprint density at radius 3 is 2.60 bits per heavy atom. The fraction of sp³-hybridized carbons (Fsp3) is 0.267. The second kappa shape index (κ2) is 6.13. The lowest BCUT2D eigenvalue weighted by atomic mass is 10.2. The van der Waals surface area contributed by atoms with Gasteiger partial charge in [0, 0.05) is 30.8 Å². The van der Waals surface area contributed by atoms with Crippen molar-refractivity contribution >= 4 is 21.8 Å². The van der Waals surface area contributed by atoms with Gasteiger partial charge in [-0.2, -0.15) is 0 Å². The molecule has 5 heteroatoms. The molecule has 1 aromatic heterocycles. The minimum absolute atomic E-state index is 0.0226. The van der Waals surface area contributed by atoms with Crippen molar-refractivity contribution in [1.82, 2.24) is 9.47 Å². The number of aromatic hydroxyl groups is 1. The van der Waals surface area contributed by atoms with Crippen molar-refractivity contribution in [3.05, 3.63) is 52.3 Å². The fourth-order valence-corrected chi connectivity index (χ4v) is 2.52. The molecule has 106 valence electrons. The number of aromatic nitrogens is 1. The van der Waals surface area contributed by atoms with E-state index in [4.69, 9.17) is 0 Å². The van der Waals surface area contributed by atoms with E-state index in [1.165, 1.54) is 0 Å². The average Bonchev–Trinajstić information content (AvgIpc) is 2.81. The lowest BCUT2D eigenvalue weighted by molar-refractivity contribution is 0.0774. The quantitative estimate of drug-likeness (QED) is 0.931. The lowest BCUT2D eigenvalue weighted by Crippen LogP contribution is -2.28. The highest BCUT2D eigenvalue weighted by molar-refractivity contribution is 9.10. The summed E-state index contributed by atoms with van der Waals surface area (Å²) in [5.74, 6) is 0.206. The van der Waals surface area contributed by atoms with E-state index >= 15 is 0 Å². The van der Waals surface area contributed by atoms with Crippen molar-refractivity contribution in [3.63, 3.8) is 0 Å². The van der Waals surface area contributed by atoms with Crippen molar-refractivity contribution in [2.24, 2.45) is 0 Å². The molecule has 0 bridgehead atoms. The number of phenols is 1. The van der Waals surface area contributed by atoms with Gasteiger partial charge in [0.2, 0.25) is 0 Å². The van der Waals surface area contributed by atoms with Crippen LogP contribution in [0.5, 0.6) is 5.75 Å². The van der Waals surface area contributed by atoms with E-state index in [0.717, 1.165) is 16.6 Å². The third-order valence-electron chi connectivity index (χ3n) is 3.13. The minimum atomic E-state index is -0.0226. The molecule has 2 rings (SSSR count). The molecule has 20 heavy (non-hydrogen) atoms.